The first-order chi connectivity index (χ1) is 11.2. The fourth-order valence-electron chi connectivity index (χ4n) is 3.42. The zero-order chi connectivity index (χ0) is 15.8. The van der Waals surface area contributed by atoms with Gasteiger partial charge >= 0.3 is 0 Å². The van der Waals surface area contributed by atoms with Gasteiger partial charge in [-0.1, -0.05) is 36.4 Å². The molecule has 0 unspecified atom stereocenters. The Morgan fingerprint density at radius 1 is 0.826 bits per heavy atom. The first-order valence-corrected chi connectivity index (χ1v) is 8.12. The fourth-order valence-corrected chi connectivity index (χ4v) is 3.42. The number of aromatic hydroxyl groups is 1. The smallest absolute Gasteiger partial charge is 0.128 e. The van der Waals surface area contributed by atoms with Crippen LogP contribution < -0.4 is 0 Å². The van der Waals surface area contributed by atoms with Crippen LogP contribution >= 0.6 is 0 Å². The van der Waals surface area contributed by atoms with Crippen LogP contribution in [-0.4, -0.2) is 14.9 Å². The highest BCUT2D eigenvalue weighted by Crippen LogP contribution is 2.37. The molecule has 23 heavy (non-hydrogen) atoms. The molecule has 1 heterocycles. The van der Waals surface area contributed by atoms with Crippen molar-refractivity contribution in [1.82, 2.24) is 9.78 Å². The average molecular weight is 304 g/mol. The summed E-state index contributed by atoms with van der Waals surface area (Å²) >= 11 is 0. The first kappa shape index (κ1) is 14.1. The lowest BCUT2D eigenvalue weighted by Crippen LogP contribution is -2.03. The fraction of sp³-hybridized carbons (Fsp3) is 0.250. The number of aromatic nitrogens is 2. The van der Waals surface area contributed by atoms with Crippen LogP contribution in [0.2, 0.25) is 0 Å². The number of hydrogen-bond acceptors (Lipinski definition) is 2. The molecule has 0 radical (unpaired) electrons. The van der Waals surface area contributed by atoms with Crippen molar-refractivity contribution >= 4 is 0 Å². The van der Waals surface area contributed by atoms with E-state index in [0.29, 0.717) is 5.75 Å². The van der Waals surface area contributed by atoms with Gasteiger partial charge in [0, 0.05) is 18.8 Å². The zero-order valence-corrected chi connectivity index (χ0v) is 13.3. The number of phenolic OH excluding ortho intramolecular Hbond substituents is 1. The zero-order valence-electron chi connectivity index (χ0n) is 13.3. The third-order valence-electron chi connectivity index (χ3n) is 4.81. The molecule has 7 rings (SSSR count). The lowest BCUT2D eigenvalue weighted by molar-refractivity contribution is 0.468. The lowest BCUT2D eigenvalue weighted by atomic mass is 9.91. The summed E-state index contributed by atoms with van der Waals surface area (Å²) in [7, 11) is 1.92. The Labute approximate surface area is 136 Å². The first-order valence-electron chi connectivity index (χ1n) is 8.12. The summed E-state index contributed by atoms with van der Waals surface area (Å²) in [4.78, 5) is 0. The lowest BCUT2D eigenvalue weighted by Gasteiger charge is -2.17. The van der Waals surface area contributed by atoms with Gasteiger partial charge in [-0.05, 0) is 54.0 Å². The summed E-state index contributed by atoms with van der Waals surface area (Å²) in [6.07, 6.45) is 5.46. The molecule has 0 spiro atoms. The number of hydrogen-bond donors (Lipinski definition) is 1. The molecule has 116 valence electrons. The Kier molecular flexibility index (Phi) is 3.41. The van der Waals surface area contributed by atoms with Crippen LogP contribution in [0.25, 0.3) is 11.3 Å². The second-order valence-electron chi connectivity index (χ2n) is 6.26. The maximum Gasteiger partial charge on any atom is 0.128 e. The predicted octanol–water partition coefficient (Wildman–Crippen LogP) is 3.68. The van der Waals surface area contributed by atoms with Crippen molar-refractivity contribution in [3.8, 4) is 17.0 Å². The van der Waals surface area contributed by atoms with Crippen molar-refractivity contribution in [2.75, 3.05) is 0 Å². The van der Waals surface area contributed by atoms with Gasteiger partial charge in [0.25, 0.3) is 0 Å². The number of phenols is 1. The van der Waals surface area contributed by atoms with E-state index in [1.807, 2.05) is 17.8 Å². The van der Waals surface area contributed by atoms with E-state index in [2.05, 4.69) is 41.5 Å². The van der Waals surface area contributed by atoms with Crippen LogP contribution in [0.4, 0.5) is 0 Å². The highest BCUT2D eigenvalue weighted by atomic mass is 16.3. The van der Waals surface area contributed by atoms with E-state index in [4.69, 9.17) is 0 Å². The van der Waals surface area contributed by atoms with E-state index in [1.54, 1.807) is 6.20 Å². The van der Waals surface area contributed by atoms with Crippen LogP contribution in [0.5, 0.6) is 5.75 Å². The topological polar surface area (TPSA) is 38.0 Å². The Morgan fingerprint density at radius 3 is 2.04 bits per heavy atom. The van der Waals surface area contributed by atoms with Crippen LogP contribution in [-0.2, 0) is 32.7 Å². The van der Waals surface area contributed by atoms with E-state index in [0.717, 1.165) is 42.5 Å². The molecule has 1 N–H and O–H groups in total. The molecule has 4 bridgehead atoms. The van der Waals surface area contributed by atoms with E-state index >= 15 is 0 Å². The Bertz CT molecular complexity index is 847. The van der Waals surface area contributed by atoms with Gasteiger partial charge in [0.2, 0.25) is 0 Å². The molecule has 3 nitrogen and oxygen atoms in total. The van der Waals surface area contributed by atoms with Crippen LogP contribution in [0, 0.1) is 0 Å². The van der Waals surface area contributed by atoms with Gasteiger partial charge in [0.15, 0.2) is 0 Å². The molecule has 3 heteroatoms. The minimum atomic E-state index is 0.418. The third kappa shape index (κ3) is 2.52. The minimum Gasteiger partial charge on any atom is -0.507 e. The van der Waals surface area contributed by atoms with Crippen molar-refractivity contribution in [2.45, 2.75) is 25.7 Å². The molecule has 4 aliphatic carbocycles. The van der Waals surface area contributed by atoms with Gasteiger partial charge in [0.05, 0.1) is 5.69 Å². The molecular weight excluding hydrogens is 284 g/mol. The van der Waals surface area contributed by atoms with Gasteiger partial charge in [-0.2, -0.15) is 5.10 Å². The summed E-state index contributed by atoms with van der Waals surface area (Å²) in [5.74, 6) is 0.418. The maximum atomic E-state index is 10.9. The molecule has 0 aliphatic heterocycles. The summed E-state index contributed by atoms with van der Waals surface area (Å²) in [5.41, 5.74) is 6.77. The number of aryl methyl sites for hydroxylation is 5. The monoisotopic (exact) mass is 304 g/mol. The van der Waals surface area contributed by atoms with Crippen molar-refractivity contribution in [3.63, 3.8) is 0 Å². The van der Waals surface area contributed by atoms with Crippen molar-refractivity contribution in [2.24, 2.45) is 7.05 Å². The largest absolute Gasteiger partial charge is 0.507 e. The van der Waals surface area contributed by atoms with Crippen molar-refractivity contribution in [1.29, 1.82) is 0 Å². The Morgan fingerprint density at radius 2 is 1.43 bits per heavy atom. The summed E-state index contributed by atoms with van der Waals surface area (Å²) in [6.45, 7) is 0. The Hall–Kier alpha value is -2.55. The second-order valence-corrected chi connectivity index (χ2v) is 6.26. The molecule has 4 aliphatic rings. The summed E-state index contributed by atoms with van der Waals surface area (Å²) < 4.78 is 1.84. The molecule has 0 saturated carbocycles. The minimum absolute atomic E-state index is 0.418. The van der Waals surface area contributed by atoms with Crippen molar-refractivity contribution in [3.05, 3.63) is 70.9 Å². The van der Waals surface area contributed by atoms with Gasteiger partial charge < -0.3 is 5.11 Å². The molecule has 2 aromatic carbocycles. The van der Waals surface area contributed by atoms with Crippen molar-refractivity contribution < 1.29 is 5.11 Å². The molecule has 3 aromatic rings. The van der Waals surface area contributed by atoms with Crippen LogP contribution in [0.3, 0.4) is 0 Å². The number of rotatable bonds is 1. The highest BCUT2D eigenvalue weighted by molar-refractivity contribution is 5.73. The third-order valence-corrected chi connectivity index (χ3v) is 4.81. The average Bonchev–Trinajstić information content (AvgIpc) is 2.96. The van der Waals surface area contributed by atoms with Crippen LogP contribution in [0.1, 0.15) is 22.3 Å². The van der Waals surface area contributed by atoms with E-state index in [1.165, 1.54) is 16.7 Å². The van der Waals surface area contributed by atoms with Crippen LogP contribution in [0.15, 0.2) is 48.7 Å². The Balaban J connectivity index is 1.87. The van der Waals surface area contributed by atoms with Gasteiger partial charge in [-0.15, -0.1) is 0 Å². The standard InChI is InChI=1S/C20H20N2O/c1-22-18(12-13-21-22)19-16-8-6-14-2-4-15(5-3-14)7-9-17(11-10-16)20(19)23/h2-5,10-13,23H,6-9H2,1H3. The molecule has 1 aromatic heterocycles. The van der Waals surface area contributed by atoms with E-state index in [9.17, 15) is 5.11 Å². The predicted molar refractivity (Wildman–Crippen MR) is 91.6 cm³/mol. The number of benzene rings is 2. The van der Waals surface area contributed by atoms with E-state index in [-0.39, 0.29) is 0 Å². The van der Waals surface area contributed by atoms with E-state index < -0.39 is 0 Å². The summed E-state index contributed by atoms with van der Waals surface area (Å²) in [6, 6.07) is 15.1. The normalized spacial score (nSPS) is 13.8. The SMILES string of the molecule is Cn1nccc1-c1c2ccc(c1O)CCc1ccc(cc1)CC2. The second kappa shape index (κ2) is 5.58. The quantitative estimate of drug-likeness (QED) is 0.745. The maximum absolute atomic E-state index is 10.9. The van der Waals surface area contributed by atoms with Gasteiger partial charge in [-0.25, -0.2) is 0 Å². The molecule has 0 atom stereocenters. The van der Waals surface area contributed by atoms with Gasteiger partial charge in [-0.3, -0.25) is 4.68 Å². The highest BCUT2D eigenvalue weighted by Gasteiger charge is 2.17. The molecular formula is C20H20N2O. The van der Waals surface area contributed by atoms with Gasteiger partial charge in [0.1, 0.15) is 5.75 Å². The molecule has 0 saturated heterocycles. The molecule has 0 fully saturated rings. The summed E-state index contributed by atoms with van der Waals surface area (Å²) in [5, 5.41) is 15.2. The number of nitrogens with zero attached hydrogens (tertiary/aromatic N) is 2. The molecule has 0 amide bonds.